The first-order chi connectivity index (χ1) is 9.20. The molecule has 0 amide bonds. The fourth-order valence-electron chi connectivity index (χ4n) is 2.15. The molecule has 2 rings (SSSR count). The predicted molar refractivity (Wildman–Crippen MR) is 83.0 cm³/mol. The molecule has 1 aromatic carbocycles. The second-order valence-corrected chi connectivity index (χ2v) is 6.08. The van der Waals surface area contributed by atoms with Gasteiger partial charge in [0.2, 0.25) is 0 Å². The monoisotopic (exact) mass is 274 g/mol. The normalized spacial score (nSPS) is 11.4. The molecule has 0 aliphatic heterocycles. The van der Waals surface area contributed by atoms with Crippen LogP contribution in [0.3, 0.4) is 0 Å². The molecule has 0 spiro atoms. The van der Waals surface area contributed by atoms with Crippen LogP contribution in [0.4, 0.5) is 0 Å². The van der Waals surface area contributed by atoms with E-state index in [4.69, 9.17) is 5.73 Å². The molecule has 0 bridgehead atoms. The third-order valence-electron chi connectivity index (χ3n) is 3.38. The molecule has 1 heterocycles. The third kappa shape index (κ3) is 3.90. The van der Waals surface area contributed by atoms with Crippen LogP contribution in [-0.4, -0.2) is 10.9 Å². The zero-order chi connectivity index (χ0) is 13.7. The molecule has 0 atom stereocenters. The van der Waals surface area contributed by atoms with E-state index < -0.39 is 0 Å². The van der Waals surface area contributed by atoms with Gasteiger partial charge in [-0.05, 0) is 36.4 Å². The fourth-order valence-corrected chi connectivity index (χ4v) is 2.88. The zero-order valence-corrected chi connectivity index (χ0v) is 12.5. The van der Waals surface area contributed by atoms with E-state index in [2.05, 4.69) is 60.5 Å². The van der Waals surface area contributed by atoms with Crippen molar-refractivity contribution in [1.82, 2.24) is 4.90 Å². The SMILES string of the molecule is CC(C)N(Cc1cccs1)Cc1ccccc1CN. The van der Waals surface area contributed by atoms with Gasteiger partial charge >= 0.3 is 0 Å². The first-order valence-corrected chi connectivity index (χ1v) is 7.62. The molecular formula is C16H22N2S. The molecule has 3 heteroatoms. The highest BCUT2D eigenvalue weighted by Gasteiger charge is 2.13. The summed E-state index contributed by atoms with van der Waals surface area (Å²) >= 11 is 1.82. The Morgan fingerprint density at radius 1 is 1.05 bits per heavy atom. The molecule has 0 saturated heterocycles. The predicted octanol–water partition coefficient (Wildman–Crippen LogP) is 3.62. The van der Waals surface area contributed by atoms with Crippen molar-refractivity contribution in [2.24, 2.45) is 5.73 Å². The lowest BCUT2D eigenvalue weighted by atomic mass is 10.1. The summed E-state index contributed by atoms with van der Waals surface area (Å²) in [6, 6.07) is 13.3. The molecule has 0 unspecified atom stereocenters. The second kappa shape index (κ2) is 6.85. The fraction of sp³-hybridized carbons (Fsp3) is 0.375. The van der Waals surface area contributed by atoms with Gasteiger partial charge in [0, 0.05) is 30.6 Å². The molecule has 0 aliphatic rings. The van der Waals surface area contributed by atoms with Gasteiger partial charge in [0.15, 0.2) is 0 Å². The molecule has 2 N–H and O–H groups in total. The van der Waals surface area contributed by atoms with E-state index in [1.165, 1.54) is 16.0 Å². The Balaban J connectivity index is 2.12. The van der Waals surface area contributed by atoms with Gasteiger partial charge in [-0.15, -0.1) is 11.3 Å². The number of thiophene rings is 1. The third-order valence-corrected chi connectivity index (χ3v) is 4.24. The first-order valence-electron chi connectivity index (χ1n) is 6.74. The lowest BCUT2D eigenvalue weighted by Gasteiger charge is -2.27. The van der Waals surface area contributed by atoms with Crippen molar-refractivity contribution in [3.63, 3.8) is 0 Å². The van der Waals surface area contributed by atoms with E-state index in [1.807, 2.05) is 11.3 Å². The van der Waals surface area contributed by atoms with Crippen molar-refractivity contribution in [2.75, 3.05) is 0 Å². The minimum absolute atomic E-state index is 0.521. The zero-order valence-electron chi connectivity index (χ0n) is 11.7. The molecule has 0 fully saturated rings. The highest BCUT2D eigenvalue weighted by atomic mass is 32.1. The Morgan fingerprint density at radius 2 is 1.79 bits per heavy atom. The Hall–Kier alpha value is -1.16. The van der Waals surface area contributed by atoms with Gasteiger partial charge in [-0.1, -0.05) is 30.3 Å². The smallest absolute Gasteiger partial charge is 0.0334 e. The topological polar surface area (TPSA) is 29.3 Å². The van der Waals surface area contributed by atoms with Crippen LogP contribution in [0.1, 0.15) is 29.9 Å². The summed E-state index contributed by atoms with van der Waals surface area (Å²) in [7, 11) is 0. The Labute approximate surface area is 119 Å². The van der Waals surface area contributed by atoms with Gasteiger partial charge < -0.3 is 5.73 Å². The van der Waals surface area contributed by atoms with E-state index in [0.717, 1.165) is 13.1 Å². The van der Waals surface area contributed by atoms with Crippen LogP contribution in [0.25, 0.3) is 0 Å². The minimum atomic E-state index is 0.521. The van der Waals surface area contributed by atoms with Crippen molar-refractivity contribution in [3.05, 3.63) is 57.8 Å². The van der Waals surface area contributed by atoms with Crippen molar-refractivity contribution < 1.29 is 0 Å². The van der Waals surface area contributed by atoms with E-state index in [0.29, 0.717) is 12.6 Å². The van der Waals surface area contributed by atoms with E-state index in [1.54, 1.807) is 0 Å². The molecule has 0 saturated carbocycles. The molecule has 0 radical (unpaired) electrons. The average Bonchev–Trinajstić information content (AvgIpc) is 2.91. The summed E-state index contributed by atoms with van der Waals surface area (Å²) < 4.78 is 0. The van der Waals surface area contributed by atoms with Crippen LogP contribution in [0.15, 0.2) is 41.8 Å². The maximum Gasteiger partial charge on any atom is 0.0334 e. The van der Waals surface area contributed by atoms with E-state index in [9.17, 15) is 0 Å². The molecule has 2 aromatic rings. The number of nitrogens with zero attached hydrogens (tertiary/aromatic N) is 1. The molecule has 0 aliphatic carbocycles. The van der Waals surface area contributed by atoms with Crippen molar-refractivity contribution >= 4 is 11.3 Å². The van der Waals surface area contributed by atoms with Crippen LogP contribution < -0.4 is 5.73 Å². The summed E-state index contributed by atoms with van der Waals surface area (Å²) in [4.78, 5) is 3.90. The highest BCUT2D eigenvalue weighted by molar-refractivity contribution is 7.09. The number of benzene rings is 1. The maximum atomic E-state index is 5.82. The number of rotatable bonds is 6. The average molecular weight is 274 g/mol. The highest BCUT2D eigenvalue weighted by Crippen LogP contribution is 2.18. The van der Waals surface area contributed by atoms with Crippen molar-refractivity contribution in [2.45, 2.75) is 39.5 Å². The Bertz CT molecular complexity index is 491. The maximum absolute atomic E-state index is 5.82. The number of nitrogens with two attached hydrogens (primary N) is 1. The van der Waals surface area contributed by atoms with Gasteiger partial charge in [0.1, 0.15) is 0 Å². The van der Waals surface area contributed by atoms with Crippen LogP contribution in [0, 0.1) is 0 Å². The van der Waals surface area contributed by atoms with E-state index in [-0.39, 0.29) is 0 Å². The molecule has 102 valence electrons. The number of hydrogen-bond donors (Lipinski definition) is 1. The van der Waals surface area contributed by atoms with Crippen LogP contribution in [-0.2, 0) is 19.6 Å². The lowest BCUT2D eigenvalue weighted by Crippen LogP contribution is -2.30. The summed E-state index contributed by atoms with van der Waals surface area (Å²) in [5.74, 6) is 0. The summed E-state index contributed by atoms with van der Waals surface area (Å²) in [5.41, 5.74) is 8.41. The quantitative estimate of drug-likeness (QED) is 0.872. The largest absolute Gasteiger partial charge is 0.326 e. The Kier molecular flexibility index (Phi) is 5.14. The molecule has 1 aromatic heterocycles. The summed E-state index contributed by atoms with van der Waals surface area (Å²) in [5, 5.41) is 2.14. The van der Waals surface area contributed by atoms with Crippen LogP contribution >= 0.6 is 11.3 Å². The van der Waals surface area contributed by atoms with Gasteiger partial charge in [0.05, 0.1) is 0 Å². The van der Waals surface area contributed by atoms with Gasteiger partial charge in [-0.3, -0.25) is 4.90 Å². The molecule has 19 heavy (non-hydrogen) atoms. The van der Waals surface area contributed by atoms with Crippen LogP contribution in [0.2, 0.25) is 0 Å². The lowest BCUT2D eigenvalue weighted by molar-refractivity contribution is 0.205. The van der Waals surface area contributed by atoms with Gasteiger partial charge in [-0.25, -0.2) is 0 Å². The van der Waals surface area contributed by atoms with Gasteiger partial charge in [0.25, 0.3) is 0 Å². The summed E-state index contributed by atoms with van der Waals surface area (Å²) in [6.45, 7) is 7.08. The Morgan fingerprint density at radius 3 is 2.37 bits per heavy atom. The second-order valence-electron chi connectivity index (χ2n) is 5.05. The first kappa shape index (κ1) is 14.3. The molecular weight excluding hydrogens is 252 g/mol. The van der Waals surface area contributed by atoms with Crippen molar-refractivity contribution in [1.29, 1.82) is 0 Å². The van der Waals surface area contributed by atoms with Crippen LogP contribution in [0.5, 0.6) is 0 Å². The summed E-state index contributed by atoms with van der Waals surface area (Å²) in [6.07, 6.45) is 0. The van der Waals surface area contributed by atoms with Crippen molar-refractivity contribution in [3.8, 4) is 0 Å². The number of hydrogen-bond acceptors (Lipinski definition) is 3. The molecule has 2 nitrogen and oxygen atoms in total. The minimum Gasteiger partial charge on any atom is -0.326 e. The standard InChI is InChI=1S/C16H22N2S/c1-13(2)18(12-16-8-5-9-19-16)11-15-7-4-3-6-14(15)10-17/h3-9,13H,10-12,17H2,1-2H3. The van der Waals surface area contributed by atoms with E-state index >= 15 is 0 Å². The van der Waals surface area contributed by atoms with Gasteiger partial charge in [-0.2, -0.15) is 0 Å².